The van der Waals surface area contributed by atoms with E-state index in [0.29, 0.717) is 12.1 Å². The molecule has 0 saturated heterocycles. The van der Waals surface area contributed by atoms with E-state index in [1.165, 1.54) is 16.7 Å². The van der Waals surface area contributed by atoms with Crippen LogP contribution in [0.5, 0.6) is 0 Å². The van der Waals surface area contributed by atoms with Crippen molar-refractivity contribution in [2.75, 3.05) is 6.61 Å². The number of hydrogen-bond acceptors (Lipinski definition) is 2. The minimum atomic E-state index is 0.0598. The molecule has 1 N–H and O–H groups in total. The summed E-state index contributed by atoms with van der Waals surface area (Å²) in [6, 6.07) is 19.8. The first-order valence-corrected chi connectivity index (χ1v) is 7.73. The van der Waals surface area contributed by atoms with Crippen LogP contribution in [-0.4, -0.2) is 22.7 Å². The van der Waals surface area contributed by atoms with Gasteiger partial charge < -0.3 is 5.11 Å². The summed E-state index contributed by atoms with van der Waals surface area (Å²) in [6.07, 6.45) is 1.05. The van der Waals surface area contributed by atoms with E-state index in [0.717, 1.165) is 6.42 Å². The zero-order chi connectivity index (χ0) is 14.8. The van der Waals surface area contributed by atoms with E-state index in [1.807, 2.05) is 18.2 Å². The van der Waals surface area contributed by atoms with Crippen LogP contribution in [0.15, 0.2) is 54.6 Å². The quantitative estimate of drug-likeness (QED) is 0.926. The van der Waals surface area contributed by atoms with Gasteiger partial charge in [-0.15, -0.1) is 0 Å². The molecule has 3 atom stereocenters. The first-order valence-electron chi connectivity index (χ1n) is 7.73. The van der Waals surface area contributed by atoms with Crippen molar-refractivity contribution in [3.8, 4) is 0 Å². The predicted octanol–water partition coefficient (Wildman–Crippen LogP) is 3.73. The third-order valence-corrected chi connectivity index (χ3v) is 4.69. The van der Waals surface area contributed by atoms with Gasteiger partial charge in [-0.25, -0.2) is 0 Å². The summed E-state index contributed by atoms with van der Waals surface area (Å²) in [4.78, 5) is 2.46. The Bertz CT molecular complexity index is 596. The van der Waals surface area contributed by atoms with Crippen molar-refractivity contribution in [1.29, 1.82) is 0 Å². The maximum Gasteiger partial charge on any atom is 0.0628 e. The standard InChI is InChI=1S/C19H23NO/c1-14-12-17-10-6-7-11-18(17)15(2)20(14)19(13-21)16-8-4-3-5-9-16/h3-11,14-15,19,21H,12-13H2,1-2H3/t14?,15-,19+/m1/s1. The van der Waals surface area contributed by atoms with Crippen molar-refractivity contribution in [3.05, 3.63) is 71.3 Å². The molecule has 2 nitrogen and oxygen atoms in total. The fourth-order valence-electron chi connectivity index (χ4n) is 3.72. The first kappa shape index (κ1) is 14.3. The molecule has 1 unspecified atom stereocenters. The van der Waals surface area contributed by atoms with Gasteiger partial charge in [-0.2, -0.15) is 0 Å². The van der Waals surface area contributed by atoms with Crippen molar-refractivity contribution < 1.29 is 5.11 Å². The van der Waals surface area contributed by atoms with Gasteiger partial charge in [0.2, 0.25) is 0 Å². The molecule has 2 aromatic rings. The Kier molecular flexibility index (Phi) is 4.09. The zero-order valence-corrected chi connectivity index (χ0v) is 12.7. The number of aliphatic hydroxyl groups is 1. The lowest BCUT2D eigenvalue weighted by Crippen LogP contribution is -2.44. The summed E-state index contributed by atoms with van der Waals surface area (Å²) in [5, 5.41) is 9.97. The average Bonchev–Trinajstić information content (AvgIpc) is 2.52. The molecule has 1 aliphatic heterocycles. The minimum Gasteiger partial charge on any atom is -0.394 e. The number of nitrogens with zero attached hydrogens (tertiary/aromatic N) is 1. The highest BCUT2D eigenvalue weighted by molar-refractivity contribution is 5.34. The summed E-state index contributed by atoms with van der Waals surface area (Å²) in [6.45, 7) is 4.67. The molecule has 21 heavy (non-hydrogen) atoms. The van der Waals surface area contributed by atoms with E-state index in [-0.39, 0.29) is 12.6 Å². The number of benzene rings is 2. The lowest BCUT2D eigenvalue weighted by Gasteiger charge is -2.44. The highest BCUT2D eigenvalue weighted by Crippen LogP contribution is 2.38. The molecule has 0 fully saturated rings. The molecule has 0 radical (unpaired) electrons. The van der Waals surface area contributed by atoms with Crippen LogP contribution in [0, 0.1) is 0 Å². The highest BCUT2D eigenvalue weighted by atomic mass is 16.3. The van der Waals surface area contributed by atoms with Gasteiger partial charge in [0.15, 0.2) is 0 Å². The van der Waals surface area contributed by atoms with Gasteiger partial charge in [0.25, 0.3) is 0 Å². The van der Waals surface area contributed by atoms with Gasteiger partial charge in [0.05, 0.1) is 12.6 Å². The molecular weight excluding hydrogens is 258 g/mol. The number of hydrogen-bond donors (Lipinski definition) is 1. The van der Waals surface area contributed by atoms with E-state index < -0.39 is 0 Å². The summed E-state index contributed by atoms with van der Waals surface area (Å²) in [5.74, 6) is 0. The molecule has 110 valence electrons. The third kappa shape index (κ3) is 2.61. The number of fused-ring (bicyclic) bond motifs is 1. The Morgan fingerprint density at radius 1 is 1.05 bits per heavy atom. The van der Waals surface area contributed by atoms with Crippen LogP contribution in [0.25, 0.3) is 0 Å². The van der Waals surface area contributed by atoms with Gasteiger partial charge in [0.1, 0.15) is 0 Å². The third-order valence-electron chi connectivity index (χ3n) is 4.69. The number of aliphatic hydroxyl groups excluding tert-OH is 1. The summed E-state index contributed by atoms with van der Waals surface area (Å²) in [5.41, 5.74) is 4.03. The van der Waals surface area contributed by atoms with Gasteiger partial charge in [-0.3, -0.25) is 4.90 Å². The van der Waals surface area contributed by atoms with Crippen molar-refractivity contribution in [1.82, 2.24) is 4.90 Å². The summed E-state index contributed by atoms with van der Waals surface area (Å²) >= 11 is 0. The molecular formula is C19H23NO. The lowest BCUT2D eigenvalue weighted by atomic mass is 9.87. The molecule has 0 aliphatic carbocycles. The second kappa shape index (κ2) is 6.00. The molecule has 0 bridgehead atoms. The van der Waals surface area contributed by atoms with Crippen molar-refractivity contribution in [2.45, 2.75) is 38.4 Å². The van der Waals surface area contributed by atoms with Crippen LogP contribution in [0.4, 0.5) is 0 Å². The van der Waals surface area contributed by atoms with Crippen molar-refractivity contribution >= 4 is 0 Å². The predicted molar refractivity (Wildman–Crippen MR) is 86.1 cm³/mol. The van der Waals surface area contributed by atoms with Gasteiger partial charge >= 0.3 is 0 Å². The van der Waals surface area contributed by atoms with Gasteiger partial charge in [-0.05, 0) is 37.0 Å². The van der Waals surface area contributed by atoms with Crippen LogP contribution in [0.2, 0.25) is 0 Å². The normalized spacial score (nSPS) is 23.6. The Hall–Kier alpha value is -1.64. The second-order valence-electron chi connectivity index (χ2n) is 5.98. The topological polar surface area (TPSA) is 23.5 Å². The van der Waals surface area contributed by atoms with Crippen LogP contribution in [0.3, 0.4) is 0 Å². The number of rotatable bonds is 3. The molecule has 0 amide bonds. The van der Waals surface area contributed by atoms with Crippen LogP contribution >= 0.6 is 0 Å². The zero-order valence-electron chi connectivity index (χ0n) is 12.7. The van der Waals surface area contributed by atoms with Gasteiger partial charge in [0, 0.05) is 12.1 Å². The monoisotopic (exact) mass is 281 g/mol. The molecule has 1 heterocycles. The SMILES string of the molecule is CC1Cc2ccccc2[C@@H](C)N1[C@@H](CO)c1ccccc1. The molecule has 2 aromatic carbocycles. The fourth-order valence-corrected chi connectivity index (χ4v) is 3.72. The molecule has 0 spiro atoms. The molecule has 1 aliphatic rings. The first-order chi connectivity index (χ1) is 10.2. The Morgan fingerprint density at radius 2 is 1.71 bits per heavy atom. The fraction of sp³-hybridized carbons (Fsp3) is 0.368. The summed E-state index contributed by atoms with van der Waals surface area (Å²) in [7, 11) is 0. The van der Waals surface area contributed by atoms with E-state index >= 15 is 0 Å². The smallest absolute Gasteiger partial charge is 0.0628 e. The lowest BCUT2D eigenvalue weighted by molar-refractivity contribution is 0.0444. The van der Waals surface area contributed by atoms with E-state index in [4.69, 9.17) is 0 Å². The van der Waals surface area contributed by atoms with Crippen LogP contribution < -0.4 is 0 Å². The minimum absolute atomic E-state index is 0.0598. The molecule has 2 heteroatoms. The second-order valence-corrected chi connectivity index (χ2v) is 5.98. The van der Waals surface area contributed by atoms with Gasteiger partial charge in [-0.1, -0.05) is 54.6 Å². The maximum atomic E-state index is 9.97. The summed E-state index contributed by atoms with van der Waals surface area (Å²) < 4.78 is 0. The molecule has 0 aromatic heterocycles. The van der Waals surface area contributed by atoms with E-state index in [9.17, 15) is 5.11 Å². The van der Waals surface area contributed by atoms with Crippen LogP contribution in [0.1, 0.15) is 42.6 Å². The van der Waals surface area contributed by atoms with E-state index in [2.05, 4.69) is 55.1 Å². The van der Waals surface area contributed by atoms with Crippen molar-refractivity contribution in [3.63, 3.8) is 0 Å². The Balaban J connectivity index is 1.98. The Labute approximate surface area is 127 Å². The highest BCUT2D eigenvalue weighted by Gasteiger charge is 2.34. The van der Waals surface area contributed by atoms with E-state index in [1.54, 1.807) is 0 Å². The Morgan fingerprint density at radius 3 is 2.43 bits per heavy atom. The average molecular weight is 281 g/mol. The largest absolute Gasteiger partial charge is 0.394 e. The molecule has 3 rings (SSSR count). The van der Waals surface area contributed by atoms with Crippen molar-refractivity contribution in [2.24, 2.45) is 0 Å². The van der Waals surface area contributed by atoms with Crippen LogP contribution in [-0.2, 0) is 6.42 Å². The molecule has 0 saturated carbocycles. The maximum absolute atomic E-state index is 9.97.